The molecular formula is C16H26N2. The highest BCUT2D eigenvalue weighted by Gasteiger charge is 2.09. The summed E-state index contributed by atoms with van der Waals surface area (Å²) >= 11 is 0. The van der Waals surface area contributed by atoms with Crippen molar-refractivity contribution in [2.45, 2.75) is 39.7 Å². The fraction of sp³-hybridized carbons (Fsp3) is 0.625. The Morgan fingerprint density at radius 3 is 2.72 bits per heavy atom. The number of likely N-dealkylation sites (tertiary alicyclic amines) is 1. The highest BCUT2D eigenvalue weighted by atomic mass is 15.1. The van der Waals surface area contributed by atoms with Crippen molar-refractivity contribution in [3.63, 3.8) is 0 Å². The van der Waals surface area contributed by atoms with Crippen LogP contribution in [0, 0.1) is 13.8 Å². The van der Waals surface area contributed by atoms with Crippen molar-refractivity contribution in [1.82, 2.24) is 10.2 Å². The quantitative estimate of drug-likeness (QED) is 0.776. The summed E-state index contributed by atoms with van der Waals surface area (Å²) in [5.74, 6) is 0. The van der Waals surface area contributed by atoms with Gasteiger partial charge in [-0.2, -0.15) is 0 Å². The molecule has 0 spiro atoms. The van der Waals surface area contributed by atoms with Crippen molar-refractivity contribution < 1.29 is 0 Å². The van der Waals surface area contributed by atoms with Gasteiger partial charge < -0.3 is 10.2 Å². The maximum atomic E-state index is 3.57. The van der Waals surface area contributed by atoms with E-state index in [1.54, 1.807) is 0 Å². The average Bonchev–Trinajstić information content (AvgIpc) is 2.86. The van der Waals surface area contributed by atoms with Crippen LogP contribution in [0.4, 0.5) is 0 Å². The molecule has 1 aliphatic rings. The minimum absolute atomic E-state index is 1.01. The van der Waals surface area contributed by atoms with Gasteiger partial charge in [-0.3, -0.25) is 0 Å². The Labute approximate surface area is 111 Å². The Balaban J connectivity index is 1.64. The van der Waals surface area contributed by atoms with Crippen LogP contribution in [0.15, 0.2) is 18.2 Å². The normalized spacial score (nSPS) is 16.3. The Bertz CT molecular complexity index is 367. The molecule has 0 bridgehead atoms. The highest BCUT2D eigenvalue weighted by Crippen LogP contribution is 2.10. The lowest BCUT2D eigenvalue weighted by Crippen LogP contribution is -2.24. The van der Waals surface area contributed by atoms with Gasteiger partial charge in [-0.25, -0.2) is 0 Å². The van der Waals surface area contributed by atoms with Crippen LogP contribution in [-0.2, 0) is 6.54 Å². The van der Waals surface area contributed by atoms with Crippen LogP contribution in [0.1, 0.15) is 36.0 Å². The molecule has 0 aromatic heterocycles. The molecule has 1 aromatic carbocycles. The van der Waals surface area contributed by atoms with Gasteiger partial charge in [0.1, 0.15) is 0 Å². The fourth-order valence-electron chi connectivity index (χ4n) is 2.65. The van der Waals surface area contributed by atoms with Gasteiger partial charge in [0.15, 0.2) is 0 Å². The zero-order chi connectivity index (χ0) is 12.8. The number of nitrogens with zero attached hydrogens (tertiary/aromatic N) is 1. The van der Waals surface area contributed by atoms with Gasteiger partial charge in [-0.05, 0) is 70.4 Å². The van der Waals surface area contributed by atoms with Gasteiger partial charge in [0.2, 0.25) is 0 Å². The summed E-state index contributed by atoms with van der Waals surface area (Å²) in [5.41, 5.74) is 4.19. The van der Waals surface area contributed by atoms with E-state index in [0.29, 0.717) is 0 Å². The Morgan fingerprint density at radius 1 is 1.17 bits per heavy atom. The van der Waals surface area contributed by atoms with E-state index in [4.69, 9.17) is 0 Å². The molecule has 1 aromatic rings. The molecule has 0 amide bonds. The van der Waals surface area contributed by atoms with Crippen molar-refractivity contribution in [3.8, 4) is 0 Å². The monoisotopic (exact) mass is 246 g/mol. The molecule has 100 valence electrons. The van der Waals surface area contributed by atoms with E-state index in [-0.39, 0.29) is 0 Å². The first-order valence-corrected chi connectivity index (χ1v) is 7.25. The molecule has 1 saturated heterocycles. The molecular weight excluding hydrogens is 220 g/mol. The number of rotatable bonds is 6. The van der Waals surface area contributed by atoms with Crippen LogP contribution in [0.2, 0.25) is 0 Å². The molecule has 2 nitrogen and oxygen atoms in total. The molecule has 18 heavy (non-hydrogen) atoms. The predicted octanol–water partition coefficient (Wildman–Crippen LogP) is 2.88. The summed E-state index contributed by atoms with van der Waals surface area (Å²) in [6.45, 7) is 10.4. The maximum absolute atomic E-state index is 3.57. The molecule has 0 atom stereocenters. The SMILES string of the molecule is Cc1ccc(C)c(CNCCCN2CCCC2)c1. The van der Waals surface area contributed by atoms with Gasteiger partial charge in [-0.15, -0.1) is 0 Å². The number of benzene rings is 1. The van der Waals surface area contributed by atoms with Crippen molar-refractivity contribution in [1.29, 1.82) is 0 Å². The Hall–Kier alpha value is -0.860. The van der Waals surface area contributed by atoms with Crippen molar-refractivity contribution in [3.05, 3.63) is 34.9 Å². The first-order valence-electron chi connectivity index (χ1n) is 7.25. The molecule has 1 N–H and O–H groups in total. The summed E-state index contributed by atoms with van der Waals surface area (Å²) in [6.07, 6.45) is 4.07. The van der Waals surface area contributed by atoms with Crippen LogP contribution in [-0.4, -0.2) is 31.1 Å². The summed E-state index contributed by atoms with van der Waals surface area (Å²) in [5, 5.41) is 3.57. The van der Waals surface area contributed by atoms with E-state index in [9.17, 15) is 0 Å². The van der Waals surface area contributed by atoms with E-state index >= 15 is 0 Å². The molecule has 0 unspecified atom stereocenters. The van der Waals surface area contributed by atoms with Crippen LogP contribution in [0.3, 0.4) is 0 Å². The third-order valence-electron chi connectivity index (χ3n) is 3.85. The van der Waals surface area contributed by atoms with Gasteiger partial charge in [0, 0.05) is 6.54 Å². The summed E-state index contributed by atoms with van der Waals surface area (Å²) in [6, 6.07) is 6.70. The molecule has 1 fully saturated rings. The van der Waals surface area contributed by atoms with Crippen LogP contribution >= 0.6 is 0 Å². The van der Waals surface area contributed by atoms with E-state index in [2.05, 4.69) is 42.3 Å². The predicted molar refractivity (Wildman–Crippen MR) is 77.9 cm³/mol. The molecule has 1 heterocycles. The topological polar surface area (TPSA) is 15.3 Å². The van der Waals surface area contributed by atoms with E-state index < -0.39 is 0 Å². The number of hydrogen-bond acceptors (Lipinski definition) is 2. The van der Waals surface area contributed by atoms with Crippen LogP contribution in [0.25, 0.3) is 0 Å². The Kier molecular flexibility index (Phi) is 5.21. The second-order valence-electron chi connectivity index (χ2n) is 5.51. The fourth-order valence-corrected chi connectivity index (χ4v) is 2.65. The van der Waals surface area contributed by atoms with E-state index in [1.807, 2.05) is 0 Å². The van der Waals surface area contributed by atoms with Crippen molar-refractivity contribution in [2.75, 3.05) is 26.2 Å². The molecule has 2 heteroatoms. The van der Waals surface area contributed by atoms with E-state index in [1.165, 1.54) is 55.6 Å². The van der Waals surface area contributed by atoms with Gasteiger partial charge in [0.25, 0.3) is 0 Å². The van der Waals surface area contributed by atoms with Crippen molar-refractivity contribution >= 4 is 0 Å². The first-order chi connectivity index (χ1) is 8.75. The molecule has 1 aliphatic heterocycles. The van der Waals surface area contributed by atoms with Crippen LogP contribution < -0.4 is 5.32 Å². The second-order valence-corrected chi connectivity index (χ2v) is 5.51. The Morgan fingerprint density at radius 2 is 1.94 bits per heavy atom. The lowest BCUT2D eigenvalue weighted by atomic mass is 10.1. The first kappa shape index (κ1) is 13.6. The minimum Gasteiger partial charge on any atom is -0.313 e. The summed E-state index contributed by atoms with van der Waals surface area (Å²) in [7, 11) is 0. The molecule has 2 rings (SSSR count). The zero-order valence-electron chi connectivity index (χ0n) is 11.8. The third kappa shape index (κ3) is 4.11. The number of hydrogen-bond donors (Lipinski definition) is 1. The molecule has 0 aliphatic carbocycles. The lowest BCUT2D eigenvalue weighted by molar-refractivity contribution is 0.331. The smallest absolute Gasteiger partial charge is 0.0208 e. The van der Waals surface area contributed by atoms with Crippen LogP contribution in [0.5, 0.6) is 0 Å². The summed E-state index contributed by atoms with van der Waals surface area (Å²) in [4.78, 5) is 2.58. The highest BCUT2D eigenvalue weighted by molar-refractivity contribution is 5.30. The maximum Gasteiger partial charge on any atom is 0.0208 e. The second kappa shape index (κ2) is 6.91. The molecule has 0 radical (unpaired) electrons. The van der Waals surface area contributed by atoms with Gasteiger partial charge in [0.05, 0.1) is 0 Å². The van der Waals surface area contributed by atoms with Gasteiger partial charge >= 0.3 is 0 Å². The average molecular weight is 246 g/mol. The molecule has 0 saturated carbocycles. The minimum atomic E-state index is 1.01. The zero-order valence-corrected chi connectivity index (χ0v) is 11.8. The van der Waals surface area contributed by atoms with E-state index in [0.717, 1.165) is 13.1 Å². The largest absolute Gasteiger partial charge is 0.313 e. The van der Waals surface area contributed by atoms with Gasteiger partial charge in [-0.1, -0.05) is 23.8 Å². The third-order valence-corrected chi connectivity index (χ3v) is 3.85. The number of aryl methyl sites for hydroxylation is 2. The van der Waals surface area contributed by atoms with Crippen molar-refractivity contribution in [2.24, 2.45) is 0 Å². The summed E-state index contributed by atoms with van der Waals surface area (Å²) < 4.78 is 0. The lowest BCUT2D eigenvalue weighted by Gasteiger charge is -2.14. The number of nitrogens with one attached hydrogen (secondary N) is 1. The standard InChI is InChI=1S/C16H26N2/c1-14-6-7-15(2)16(12-14)13-17-8-5-11-18-9-3-4-10-18/h6-7,12,17H,3-5,8-11,13H2,1-2H3.